The Balaban J connectivity index is 1.02. The number of benzene rings is 2. The molecule has 8 rings (SSSR count). The second-order valence-corrected chi connectivity index (χ2v) is 12.5. The van der Waals surface area contributed by atoms with E-state index < -0.39 is 5.79 Å². The molecular weight excluding hydrogens is 536 g/mol. The van der Waals surface area contributed by atoms with E-state index in [1.54, 1.807) is 6.20 Å². The van der Waals surface area contributed by atoms with Crippen LogP contribution in [0.15, 0.2) is 60.8 Å². The number of piperidine rings is 1. The van der Waals surface area contributed by atoms with Crippen LogP contribution in [0.5, 0.6) is 11.5 Å². The zero-order valence-corrected chi connectivity index (χ0v) is 23.7. The molecule has 208 valence electrons. The molecule has 2 saturated heterocycles. The van der Waals surface area contributed by atoms with Gasteiger partial charge in [0.15, 0.2) is 11.5 Å². The van der Waals surface area contributed by atoms with E-state index >= 15 is 0 Å². The lowest BCUT2D eigenvalue weighted by Crippen LogP contribution is -2.36. The first kappa shape index (κ1) is 25.0. The topological polar surface area (TPSA) is 72.5 Å². The summed E-state index contributed by atoms with van der Waals surface area (Å²) in [5.41, 5.74) is 5.35. The largest absolute Gasteiger partial charge is 0.443 e. The number of pyridine rings is 1. The van der Waals surface area contributed by atoms with Crippen molar-refractivity contribution in [1.29, 1.82) is 5.26 Å². The number of halogens is 1. The van der Waals surface area contributed by atoms with Crippen LogP contribution in [0.3, 0.4) is 0 Å². The molecule has 41 heavy (non-hydrogen) atoms. The minimum atomic E-state index is -0.995. The minimum Gasteiger partial charge on any atom is -0.443 e. The highest BCUT2D eigenvalue weighted by Crippen LogP contribution is 2.66. The molecule has 0 unspecified atom stereocenters. The fourth-order valence-electron chi connectivity index (χ4n) is 7.09. The summed E-state index contributed by atoms with van der Waals surface area (Å²) in [5, 5.41) is 11.3. The van der Waals surface area contributed by atoms with Crippen LogP contribution < -0.4 is 14.4 Å². The van der Waals surface area contributed by atoms with Gasteiger partial charge in [-0.25, -0.2) is 0 Å². The van der Waals surface area contributed by atoms with Gasteiger partial charge in [-0.15, -0.1) is 0 Å². The summed E-state index contributed by atoms with van der Waals surface area (Å²) < 4.78 is 21.0. The van der Waals surface area contributed by atoms with Crippen LogP contribution in [0.2, 0.25) is 5.02 Å². The Morgan fingerprint density at radius 1 is 1.10 bits per heavy atom. The number of hydrogen-bond acceptors (Lipinski definition) is 6. The van der Waals surface area contributed by atoms with E-state index in [0.29, 0.717) is 27.6 Å². The van der Waals surface area contributed by atoms with Gasteiger partial charge in [-0.05, 0) is 78.9 Å². The first-order valence-electron chi connectivity index (χ1n) is 14.5. The zero-order chi connectivity index (χ0) is 27.8. The molecule has 2 aromatic heterocycles. The molecule has 1 aliphatic carbocycles. The fraction of sp³-hybridized carbons (Fsp3) is 0.394. The lowest BCUT2D eigenvalue weighted by atomic mass is 9.89. The number of fused-ring (bicyclic) bond motifs is 2. The molecule has 0 bridgehead atoms. The maximum Gasteiger partial charge on any atom is 0.292 e. The molecule has 1 spiro atoms. The third-order valence-electron chi connectivity index (χ3n) is 9.64. The highest BCUT2D eigenvalue weighted by molar-refractivity contribution is 6.30. The van der Waals surface area contributed by atoms with Crippen molar-refractivity contribution >= 4 is 28.2 Å². The van der Waals surface area contributed by atoms with Crippen LogP contribution in [0.4, 0.5) is 5.69 Å². The minimum absolute atomic E-state index is 0.266. The van der Waals surface area contributed by atoms with Crippen LogP contribution in [0.25, 0.3) is 10.9 Å². The number of ether oxygens (including phenoxy) is 3. The van der Waals surface area contributed by atoms with E-state index in [0.717, 1.165) is 68.2 Å². The van der Waals surface area contributed by atoms with Gasteiger partial charge >= 0.3 is 0 Å². The average molecular weight is 567 g/mol. The van der Waals surface area contributed by atoms with E-state index in [1.807, 2.05) is 43.3 Å². The molecule has 2 aromatic carbocycles. The first-order valence-corrected chi connectivity index (χ1v) is 14.9. The number of nitriles is 1. The van der Waals surface area contributed by atoms with Crippen molar-refractivity contribution < 1.29 is 14.2 Å². The second kappa shape index (κ2) is 9.14. The summed E-state index contributed by atoms with van der Waals surface area (Å²) in [7, 11) is 0. The third kappa shape index (κ3) is 4.07. The maximum atomic E-state index is 9.51. The van der Waals surface area contributed by atoms with Crippen LogP contribution in [-0.4, -0.2) is 35.4 Å². The Bertz CT molecular complexity index is 1700. The van der Waals surface area contributed by atoms with Crippen molar-refractivity contribution in [1.82, 2.24) is 9.55 Å². The Labute approximate surface area is 244 Å². The number of anilines is 1. The maximum absolute atomic E-state index is 9.51. The van der Waals surface area contributed by atoms with Gasteiger partial charge in [-0.3, -0.25) is 4.98 Å². The monoisotopic (exact) mass is 566 g/mol. The predicted octanol–water partition coefficient (Wildman–Crippen LogP) is 6.77. The molecule has 0 N–H and O–H groups in total. The number of rotatable bonds is 5. The molecule has 5 heterocycles. The Hall–Kier alpha value is -3.73. The Morgan fingerprint density at radius 2 is 1.95 bits per heavy atom. The molecule has 4 aliphatic rings. The average Bonchev–Trinajstić information content (AvgIpc) is 3.34. The molecule has 0 amide bonds. The SMILES string of the molecule is C[C@]1(c2ccc(Cl)cn2)Oc2cccc(N3CCC4(CC3)C[C@H]4c3cc4ccc(C#N)cc4n3C[C@H]3CCO3)c2O1. The normalized spacial score (nSPS) is 25.7. The standard InChI is InChI=1S/C33H31ClN4O3/c1-32(30-8-7-23(34)19-36-30)40-29-4-2-3-26(31(29)41-32)37-12-10-33(11-13-37)17-25(33)28-16-22-6-5-21(18-35)15-27(22)38(28)20-24-9-14-39-24/h2-8,15-16,19,24-25H,9-14,17,20H2,1H3/t24-,25+,32+/m1/s1. The fourth-order valence-corrected chi connectivity index (χ4v) is 7.20. The Morgan fingerprint density at radius 3 is 2.68 bits per heavy atom. The molecule has 7 nitrogen and oxygen atoms in total. The van der Waals surface area contributed by atoms with Crippen molar-refractivity contribution in [3.63, 3.8) is 0 Å². The summed E-state index contributed by atoms with van der Waals surface area (Å²) in [6, 6.07) is 20.5. The van der Waals surface area contributed by atoms with Crippen molar-refractivity contribution in [3.8, 4) is 17.6 Å². The van der Waals surface area contributed by atoms with Crippen molar-refractivity contribution in [2.24, 2.45) is 5.41 Å². The number of hydrogen-bond donors (Lipinski definition) is 0. The lowest BCUT2D eigenvalue weighted by Gasteiger charge is -2.35. The summed E-state index contributed by atoms with van der Waals surface area (Å²) in [6.07, 6.45) is 6.45. The summed E-state index contributed by atoms with van der Waals surface area (Å²) in [5.74, 6) is 1.06. The Kier molecular flexibility index (Phi) is 5.58. The van der Waals surface area contributed by atoms with E-state index in [4.69, 9.17) is 25.8 Å². The molecule has 0 radical (unpaired) electrons. The zero-order valence-electron chi connectivity index (χ0n) is 23.0. The van der Waals surface area contributed by atoms with E-state index in [2.05, 4.69) is 38.7 Å². The van der Waals surface area contributed by atoms with Gasteiger partial charge in [0.1, 0.15) is 5.69 Å². The van der Waals surface area contributed by atoms with Gasteiger partial charge in [-0.2, -0.15) is 5.26 Å². The molecule has 4 aromatic rings. The van der Waals surface area contributed by atoms with Crippen molar-refractivity contribution in [2.75, 3.05) is 24.6 Å². The molecule has 3 aliphatic heterocycles. The predicted molar refractivity (Wildman–Crippen MR) is 157 cm³/mol. The third-order valence-corrected chi connectivity index (χ3v) is 9.87. The van der Waals surface area contributed by atoms with Crippen LogP contribution in [-0.2, 0) is 17.1 Å². The number of nitrogens with zero attached hydrogens (tertiary/aromatic N) is 4. The van der Waals surface area contributed by atoms with E-state index in [1.165, 1.54) is 17.5 Å². The molecule has 3 fully saturated rings. The summed E-state index contributed by atoms with van der Waals surface area (Å²) in [6.45, 7) is 5.55. The van der Waals surface area contributed by atoms with Gasteiger partial charge in [-0.1, -0.05) is 23.7 Å². The summed E-state index contributed by atoms with van der Waals surface area (Å²) in [4.78, 5) is 6.90. The van der Waals surface area contributed by atoms with Gasteiger partial charge in [0.2, 0.25) is 0 Å². The van der Waals surface area contributed by atoms with Gasteiger partial charge in [0.05, 0.1) is 28.4 Å². The van der Waals surface area contributed by atoms with Gasteiger partial charge < -0.3 is 23.7 Å². The van der Waals surface area contributed by atoms with Crippen molar-refractivity contribution in [3.05, 3.63) is 82.8 Å². The summed E-state index contributed by atoms with van der Waals surface area (Å²) >= 11 is 6.06. The highest BCUT2D eigenvalue weighted by Gasteiger charge is 2.57. The van der Waals surface area contributed by atoms with Gasteiger partial charge in [0.25, 0.3) is 5.79 Å². The number of aromatic nitrogens is 2. The lowest BCUT2D eigenvalue weighted by molar-refractivity contribution is -0.0716. The second-order valence-electron chi connectivity index (χ2n) is 12.1. The van der Waals surface area contributed by atoms with E-state index in [-0.39, 0.29) is 6.10 Å². The van der Waals surface area contributed by atoms with Crippen molar-refractivity contribution in [2.45, 2.75) is 57.0 Å². The first-order chi connectivity index (χ1) is 19.9. The van der Waals surface area contributed by atoms with Crippen LogP contribution in [0, 0.1) is 16.7 Å². The number of para-hydroxylation sites is 1. The van der Waals surface area contributed by atoms with Gasteiger partial charge in [0, 0.05) is 56.5 Å². The van der Waals surface area contributed by atoms with Crippen LogP contribution in [0.1, 0.15) is 55.5 Å². The molecule has 3 atom stereocenters. The molecule has 8 heteroatoms. The van der Waals surface area contributed by atoms with Crippen LogP contribution >= 0.6 is 11.6 Å². The van der Waals surface area contributed by atoms with E-state index in [9.17, 15) is 5.26 Å². The quantitative estimate of drug-likeness (QED) is 0.265. The molecule has 1 saturated carbocycles. The molecular formula is C33H31ClN4O3. The highest BCUT2D eigenvalue weighted by atomic mass is 35.5. The smallest absolute Gasteiger partial charge is 0.292 e.